The number of furan rings is 1. The van der Waals surface area contributed by atoms with Gasteiger partial charge in [0.05, 0.1) is 12.4 Å². The van der Waals surface area contributed by atoms with Gasteiger partial charge in [-0.05, 0) is 19.1 Å². The Hall–Kier alpha value is -0.800. The number of aliphatic hydroxyl groups is 1. The molecule has 3 nitrogen and oxygen atoms in total. The van der Waals surface area contributed by atoms with E-state index in [0.717, 1.165) is 5.76 Å². The predicted octanol–water partition coefficient (Wildman–Crippen LogP) is 1.17. The van der Waals surface area contributed by atoms with Gasteiger partial charge in [-0.3, -0.25) is 0 Å². The van der Waals surface area contributed by atoms with Crippen molar-refractivity contribution in [3.05, 3.63) is 24.2 Å². The molecular formula is C10H17NO2. The highest BCUT2D eigenvalue weighted by Gasteiger charge is 2.29. The predicted molar refractivity (Wildman–Crippen MR) is 51.3 cm³/mol. The molecule has 13 heavy (non-hydrogen) atoms. The van der Waals surface area contributed by atoms with Gasteiger partial charge < -0.3 is 15.3 Å². The summed E-state index contributed by atoms with van der Waals surface area (Å²) in [6.45, 7) is 4.17. The molecular weight excluding hydrogens is 166 g/mol. The molecule has 0 aliphatic heterocycles. The molecule has 0 aliphatic carbocycles. The maximum Gasteiger partial charge on any atom is 0.104 e. The molecule has 1 heterocycles. The van der Waals surface area contributed by atoms with Crippen LogP contribution in [-0.2, 0) is 6.42 Å². The Kier molecular flexibility index (Phi) is 3.12. The average molecular weight is 183 g/mol. The molecule has 1 rings (SSSR count). The minimum Gasteiger partial charge on any atom is -0.469 e. The summed E-state index contributed by atoms with van der Waals surface area (Å²) in [6, 6.07) is 3.74. The number of aliphatic hydroxyl groups excluding tert-OH is 1. The van der Waals surface area contributed by atoms with Crippen molar-refractivity contribution < 1.29 is 9.52 Å². The fourth-order valence-corrected chi connectivity index (χ4v) is 1.20. The first-order valence-electron chi connectivity index (χ1n) is 4.49. The second-order valence-corrected chi connectivity index (χ2v) is 3.79. The molecule has 1 aromatic heterocycles. The van der Waals surface area contributed by atoms with Crippen LogP contribution >= 0.6 is 0 Å². The molecule has 0 bridgehead atoms. The van der Waals surface area contributed by atoms with Crippen molar-refractivity contribution in [2.24, 2.45) is 11.1 Å². The third-order valence-corrected chi connectivity index (χ3v) is 2.63. The van der Waals surface area contributed by atoms with Gasteiger partial charge in [-0.15, -0.1) is 0 Å². The normalized spacial score (nSPS) is 18.2. The highest BCUT2D eigenvalue weighted by atomic mass is 16.3. The summed E-state index contributed by atoms with van der Waals surface area (Å²) in [5, 5.41) is 9.55. The third kappa shape index (κ3) is 2.32. The van der Waals surface area contributed by atoms with E-state index >= 15 is 0 Å². The molecule has 0 fully saturated rings. The van der Waals surface area contributed by atoms with Crippen LogP contribution in [0.15, 0.2) is 22.8 Å². The van der Waals surface area contributed by atoms with E-state index in [2.05, 4.69) is 0 Å². The number of nitrogens with two attached hydrogens (primary N) is 1. The van der Waals surface area contributed by atoms with Gasteiger partial charge in [-0.1, -0.05) is 6.92 Å². The quantitative estimate of drug-likeness (QED) is 0.736. The Bertz CT molecular complexity index is 243. The fraction of sp³-hybridized carbons (Fsp3) is 0.600. The lowest BCUT2D eigenvalue weighted by atomic mass is 9.81. The van der Waals surface area contributed by atoms with Crippen LogP contribution in [0, 0.1) is 5.41 Å². The van der Waals surface area contributed by atoms with E-state index in [1.165, 1.54) is 0 Å². The minimum atomic E-state index is -0.428. The first-order valence-corrected chi connectivity index (χ1v) is 4.49. The van der Waals surface area contributed by atoms with Crippen LogP contribution in [0.4, 0.5) is 0 Å². The van der Waals surface area contributed by atoms with Crippen LogP contribution in [0.25, 0.3) is 0 Å². The largest absolute Gasteiger partial charge is 0.469 e. The molecule has 2 atom stereocenters. The van der Waals surface area contributed by atoms with Crippen molar-refractivity contribution in [2.45, 2.75) is 26.4 Å². The van der Waals surface area contributed by atoms with E-state index in [-0.39, 0.29) is 5.41 Å². The van der Waals surface area contributed by atoms with E-state index < -0.39 is 6.10 Å². The molecule has 0 radical (unpaired) electrons. The molecule has 0 saturated heterocycles. The SMILES string of the molecule is CC(O)C(C)(CN)Cc1ccco1. The van der Waals surface area contributed by atoms with Crippen molar-refractivity contribution in [3.8, 4) is 0 Å². The molecule has 3 N–H and O–H groups in total. The summed E-state index contributed by atoms with van der Waals surface area (Å²) in [7, 11) is 0. The van der Waals surface area contributed by atoms with E-state index in [9.17, 15) is 5.11 Å². The first kappa shape index (κ1) is 10.3. The van der Waals surface area contributed by atoms with Crippen LogP contribution in [0.1, 0.15) is 19.6 Å². The maximum absolute atomic E-state index is 9.55. The molecule has 0 aliphatic rings. The van der Waals surface area contributed by atoms with Gasteiger partial charge in [-0.25, -0.2) is 0 Å². The van der Waals surface area contributed by atoms with E-state index in [0.29, 0.717) is 13.0 Å². The van der Waals surface area contributed by atoms with Crippen molar-refractivity contribution in [2.75, 3.05) is 6.54 Å². The Labute approximate surface area is 78.5 Å². The van der Waals surface area contributed by atoms with Crippen LogP contribution in [0.5, 0.6) is 0 Å². The monoisotopic (exact) mass is 183 g/mol. The Morgan fingerprint density at radius 1 is 1.69 bits per heavy atom. The van der Waals surface area contributed by atoms with Crippen molar-refractivity contribution in [1.29, 1.82) is 0 Å². The second kappa shape index (κ2) is 3.94. The molecule has 2 unspecified atom stereocenters. The van der Waals surface area contributed by atoms with Gasteiger partial charge in [0, 0.05) is 18.4 Å². The topological polar surface area (TPSA) is 59.4 Å². The molecule has 0 amide bonds. The van der Waals surface area contributed by atoms with Gasteiger partial charge in [0.1, 0.15) is 5.76 Å². The standard InChI is InChI=1S/C10H17NO2/c1-8(12)10(2,7-11)6-9-4-3-5-13-9/h3-5,8,12H,6-7,11H2,1-2H3. The lowest BCUT2D eigenvalue weighted by Crippen LogP contribution is -2.39. The van der Waals surface area contributed by atoms with E-state index in [1.54, 1.807) is 13.2 Å². The summed E-state index contributed by atoms with van der Waals surface area (Å²) in [5.41, 5.74) is 5.33. The highest BCUT2D eigenvalue weighted by Crippen LogP contribution is 2.25. The number of rotatable bonds is 4. The van der Waals surface area contributed by atoms with Gasteiger partial charge in [0.2, 0.25) is 0 Å². The average Bonchev–Trinajstić information content (AvgIpc) is 2.56. The Morgan fingerprint density at radius 3 is 2.77 bits per heavy atom. The van der Waals surface area contributed by atoms with E-state index in [4.69, 9.17) is 10.2 Å². The summed E-state index contributed by atoms with van der Waals surface area (Å²) < 4.78 is 5.21. The summed E-state index contributed by atoms with van der Waals surface area (Å²) >= 11 is 0. The lowest BCUT2D eigenvalue weighted by Gasteiger charge is -2.30. The molecule has 0 spiro atoms. The number of hydrogen-bond donors (Lipinski definition) is 2. The Balaban J connectivity index is 2.69. The van der Waals surface area contributed by atoms with Gasteiger partial charge >= 0.3 is 0 Å². The van der Waals surface area contributed by atoms with Crippen molar-refractivity contribution >= 4 is 0 Å². The van der Waals surface area contributed by atoms with Crippen molar-refractivity contribution in [1.82, 2.24) is 0 Å². The smallest absolute Gasteiger partial charge is 0.104 e. The lowest BCUT2D eigenvalue weighted by molar-refractivity contribution is 0.0550. The zero-order chi connectivity index (χ0) is 9.90. The van der Waals surface area contributed by atoms with Crippen LogP contribution in [0.2, 0.25) is 0 Å². The van der Waals surface area contributed by atoms with Gasteiger partial charge in [0.25, 0.3) is 0 Å². The molecule has 1 aromatic rings. The summed E-state index contributed by atoms with van der Waals surface area (Å²) in [5.74, 6) is 0.869. The van der Waals surface area contributed by atoms with Crippen LogP contribution in [0.3, 0.4) is 0 Å². The molecule has 0 saturated carbocycles. The zero-order valence-corrected chi connectivity index (χ0v) is 8.16. The molecule has 74 valence electrons. The van der Waals surface area contributed by atoms with Crippen LogP contribution in [-0.4, -0.2) is 17.8 Å². The van der Waals surface area contributed by atoms with E-state index in [1.807, 2.05) is 19.1 Å². The molecule has 0 aromatic carbocycles. The summed E-state index contributed by atoms with van der Waals surface area (Å²) in [6.07, 6.45) is 1.88. The van der Waals surface area contributed by atoms with Crippen LogP contribution < -0.4 is 5.73 Å². The molecule has 3 heteroatoms. The maximum atomic E-state index is 9.55. The second-order valence-electron chi connectivity index (χ2n) is 3.79. The fourth-order valence-electron chi connectivity index (χ4n) is 1.20. The third-order valence-electron chi connectivity index (χ3n) is 2.63. The Morgan fingerprint density at radius 2 is 2.38 bits per heavy atom. The summed E-state index contributed by atoms with van der Waals surface area (Å²) in [4.78, 5) is 0. The van der Waals surface area contributed by atoms with Crippen molar-refractivity contribution in [3.63, 3.8) is 0 Å². The van der Waals surface area contributed by atoms with Gasteiger partial charge in [-0.2, -0.15) is 0 Å². The zero-order valence-electron chi connectivity index (χ0n) is 8.16. The van der Waals surface area contributed by atoms with Gasteiger partial charge in [0.15, 0.2) is 0 Å². The number of hydrogen-bond acceptors (Lipinski definition) is 3. The first-order chi connectivity index (χ1) is 6.08. The highest BCUT2D eigenvalue weighted by molar-refractivity contribution is 5.03. The minimum absolute atomic E-state index is 0.294.